The molecule has 9 heteroatoms. The van der Waals surface area contributed by atoms with Crippen molar-refractivity contribution in [3.05, 3.63) is 52.8 Å². The minimum absolute atomic E-state index is 0.0506. The summed E-state index contributed by atoms with van der Waals surface area (Å²) in [4.78, 5) is 15.4. The number of rotatable bonds is 7. The molecule has 4 rings (SSSR count). The number of amides is 1. The third kappa shape index (κ3) is 4.44. The number of hydrogen-bond donors (Lipinski definition) is 0. The second-order valence-electron chi connectivity index (χ2n) is 8.58. The van der Waals surface area contributed by atoms with Gasteiger partial charge in [-0.2, -0.15) is 0 Å². The molecule has 0 N–H and O–H groups in total. The van der Waals surface area contributed by atoms with Gasteiger partial charge in [-0.05, 0) is 49.6 Å². The molecule has 1 atom stereocenters. The molecule has 2 aromatic carbocycles. The van der Waals surface area contributed by atoms with Crippen molar-refractivity contribution in [2.45, 2.75) is 32.9 Å². The summed E-state index contributed by atoms with van der Waals surface area (Å²) in [5.74, 6) is 1.20. The van der Waals surface area contributed by atoms with Gasteiger partial charge in [0.05, 0.1) is 32.8 Å². The Morgan fingerprint density at radius 2 is 1.74 bits per heavy atom. The number of benzene rings is 2. The first-order valence-corrected chi connectivity index (χ1v) is 12.8. The highest BCUT2D eigenvalue weighted by Crippen LogP contribution is 2.39. The van der Waals surface area contributed by atoms with E-state index in [1.807, 2.05) is 32.0 Å². The van der Waals surface area contributed by atoms with Gasteiger partial charge >= 0.3 is 0 Å². The molecule has 1 fully saturated rings. The Bertz CT molecular complexity index is 1320. The van der Waals surface area contributed by atoms with Crippen LogP contribution in [0.4, 0.5) is 0 Å². The Balaban J connectivity index is 1.77. The van der Waals surface area contributed by atoms with Gasteiger partial charge in [-0.1, -0.05) is 12.1 Å². The van der Waals surface area contributed by atoms with Crippen molar-refractivity contribution in [2.24, 2.45) is 0 Å². The number of carbonyl (C=O) groups is 1. The Morgan fingerprint density at radius 3 is 2.29 bits per heavy atom. The van der Waals surface area contributed by atoms with Crippen LogP contribution in [-0.2, 0) is 16.4 Å². The second kappa shape index (κ2) is 9.21. The number of nitrogens with zero attached hydrogens (tertiary/aromatic N) is 1. The number of methoxy groups -OCH3 is 3. The smallest absolute Gasteiger partial charge is 0.290 e. The number of sulfone groups is 1. The number of ether oxygens (including phenoxy) is 3. The lowest BCUT2D eigenvalue weighted by molar-refractivity contribution is 0.0649. The highest BCUT2D eigenvalue weighted by Gasteiger charge is 2.37. The van der Waals surface area contributed by atoms with Gasteiger partial charge in [-0.3, -0.25) is 4.79 Å². The molecular formula is C25H29NO7S. The van der Waals surface area contributed by atoms with Crippen molar-refractivity contribution in [1.29, 1.82) is 0 Å². The summed E-state index contributed by atoms with van der Waals surface area (Å²) in [6, 6.07) is 8.86. The van der Waals surface area contributed by atoms with E-state index in [1.54, 1.807) is 17.0 Å². The molecule has 0 saturated carbocycles. The molecule has 8 nitrogen and oxygen atoms in total. The molecule has 0 unspecified atom stereocenters. The number of hydrogen-bond acceptors (Lipinski definition) is 7. The molecule has 3 aromatic rings. The van der Waals surface area contributed by atoms with Crippen LogP contribution in [0, 0.1) is 13.8 Å². The molecule has 0 aliphatic carbocycles. The number of fused-ring (bicyclic) bond motifs is 1. The van der Waals surface area contributed by atoms with E-state index in [9.17, 15) is 13.2 Å². The zero-order valence-electron chi connectivity index (χ0n) is 20.0. The Morgan fingerprint density at radius 1 is 1.06 bits per heavy atom. The van der Waals surface area contributed by atoms with E-state index in [1.165, 1.54) is 21.3 Å². The average Bonchev–Trinajstić information content (AvgIpc) is 3.34. The van der Waals surface area contributed by atoms with Gasteiger partial charge < -0.3 is 23.5 Å². The molecule has 1 saturated heterocycles. The van der Waals surface area contributed by atoms with Crippen LogP contribution in [0.25, 0.3) is 11.0 Å². The quantitative estimate of drug-likeness (QED) is 0.499. The SMILES string of the molecule is COc1cc(CN(C(=O)c2oc3cc(C)ccc3c2C)[C@@H]2CCS(=O)(=O)C2)cc(OC)c1OC. The fourth-order valence-electron chi connectivity index (χ4n) is 4.48. The highest BCUT2D eigenvalue weighted by molar-refractivity contribution is 7.91. The van der Waals surface area contributed by atoms with E-state index in [0.717, 1.165) is 22.1 Å². The van der Waals surface area contributed by atoms with Gasteiger partial charge in [0.15, 0.2) is 27.1 Å². The molecule has 34 heavy (non-hydrogen) atoms. The maximum absolute atomic E-state index is 13.8. The topological polar surface area (TPSA) is 95.3 Å². The second-order valence-corrected chi connectivity index (χ2v) is 10.8. The van der Waals surface area contributed by atoms with Crippen molar-refractivity contribution >= 4 is 26.7 Å². The summed E-state index contributed by atoms with van der Waals surface area (Å²) in [5, 5.41) is 0.862. The lowest BCUT2D eigenvalue weighted by atomic mass is 10.1. The minimum atomic E-state index is -3.22. The molecule has 1 amide bonds. The predicted octanol–water partition coefficient (Wildman–Crippen LogP) is 3.90. The van der Waals surface area contributed by atoms with E-state index in [2.05, 4.69) is 0 Å². The standard InChI is InChI=1S/C25H29NO7S/c1-15-6-7-19-16(2)23(33-20(19)10-15)25(27)26(18-8-9-34(28,29)14-18)13-17-11-21(30-3)24(32-5)22(12-17)31-4/h6-7,10-12,18H,8-9,13-14H2,1-5H3/t18-/m1/s1. The predicted molar refractivity (Wildman–Crippen MR) is 129 cm³/mol. The summed E-state index contributed by atoms with van der Waals surface area (Å²) >= 11 is 0. The van der Waals surface area contributed by atoms with E-state index in [-0.39, 0.29) is 29.7 Å². The van der Waals surface area contributed by atoms with Gasteiger partial charge in [-0.15, -0.1) is 0 Å². The van der Waals surface area contributed by atoms with Crippen LogP contribution in [0.1, 0.15) is 33.7 Å². The lowest BCUT2D eigenvalue weighted by Gasteiger charge is -2.28. The Kier molecular flexibility index (Phi) is 6.49. The molecule has 1 aliphatic rings. The number of carbonyl (C=O) groups excluding carboxylic acids is 1. The minimum Gasteiger partial charge on any atom is -0.493 e. The Labute approximate surface area is 199 Å². The van der Waals surface area contributed by atoms with Gasteiger partial charge in [-0.25, -0.2) is 8.42 Å². The van der Waals surface area contributed by atoms with E-state index >= 15 is 0 Å². The van der Waals surface area contributed by atoms with Crippen LogP contribution >= 0.6 is 0 Å². The lowest BCUT2D eigenvalue weighted by Crippen LogP contribution is -2.40. The molecule has 2 heterocycles. The van der Waals surface area contributed by atoms with Crippen LogP contribution in [0.15, 0.2) is 34.7 Å². The van der Waals surface area contributed by atoms with Crippen LogP contribution in [0.3, 0.4) is 0 Å². The van der Waals surface area contributed by atoms with Crippen LogP contribution in [0.5, 0.6) is 17.2 Å². The summed E-state index contributed by atoms with van der Waals surface area (Å²) in [5.41, 5.74) is 3.11. The summed E-state index contributed by atoms with van der Waals surface area (Å²) in [6.45, 7) is 3.96. The van der Waals surface area contributed by atoms with Gasteiger partial charge in [0, 0.05) is 23.5 Å². The monoisotopic (exact) mass is 487 g/mol. The van der Waals surface area contributed by atoms with Gasteiger partial charge in [0.25, 0.3) is 5.91 Å². The average molecular weight is 488 g/mol. The molecule has 1 aliphatic heterocycles. The van der Waals surface area contributed by atoms with Crippen LogP contribution < -0.4 is 14.2 Å². The zero-order valence-corrected chi connectivity index (χ0v) is 20.8. The summed E-state index contributed by atoms with van der Waals surface area (Å²) in [6.07, 6.45) is 0.372. The maximum Gasteiger partial charge on any atom is 0.290 e. The fourth-order valence-corrected chi connectivity index (χ4v) is 6.21. The van der Waals surface area contributed by atoms with E-state index in [0.29, 0.717) is 29.3 Å². The number of furan rings is 1. The van der Waals surface area contributed by atoms with Crippen molar-refractivity contribution in [2.75, 3.05) is 32.8 Å². The zero-order chi connectivity index (χ0) is 24.6. The highest BCUT2D eigenvalue weighted by atomic mass is 32.2. The molecule has 1 aromatic heterocycles. The largest absolute Gasteiger partial charge is 0.493 e. The first-order valence-electron chi connectivity index (χ1n) is 11.0. The van der Waals surface area contributed by atoms with Crippen LogP contribution in [-0.4, -0.2) is 58.1 Å². The molecule has 0 spiro atoms. The van der Waals surface area contributed by atoms with Crippen molar-refractivity contribution < 1.29 is 31.8 Å². The third-order valence-electron chi connectivity index (χ3n) is 6.28. The van der Waals surface area contributed by atoms with Crippen molar-refractivity contribution in [1.82, 2.24) is 4.90 Å². The van der Waals surface area contributed by atoms with E-state index < -0.39 is 15.9 Å². The van der Waals surface area contributed by atoms with Crippen LogP contribution in [0.2, 0.25) is 0 Å². The van der Waals surface area contributed by atoms with Crippen molar-refractivity contribution in [3.8, 4) is 17.2 Å². The Hall–Kier alpha value is -3.20. The first-order chi connectivity index (χ1) is 16.2. The van der Waals surface area contributed by atoms with Gasteiger partial charge in [0.1, 0.15) is 5.58 Å². The third-order valence-corrected chi connectivity index (χ3v) is 8.03. The normalized spacial score (nSPS) is 17.0. The molecular weight excluding hydrogens is 458 g/mol. The fraction of sp³-hybridized carbons (Fsp3) is 0.400. The molecule has 182 valence electrons. The molecule has 0 radical (unpaired) electrons. The van der Waals surface area contributed by atoms with Crippen molar-refractivity contribution in [3.63, 3.8) is 0 Å². The molecule has 0 bridgehead atoms. The first kappa shape index (κ1) is 23.9. The summed E-state index contributed by atoms with van der Waals surface area (Å²) < 4.78 is 46.8. The number of aryl methyl sites for hydroxylation is 2. The van der Waals surface area contributed by atoms with Gasteiger partial charge in [0.2, 0.25) is 5.75 Å². The maximum atomic E-state index is 13.8. The summed E-state index contributed by atoms with van der Waals surface area (Å²) in [7, 11) is 1.34. The van der Waals surface area contributed by atoms with E-state index in [4.69, 9.17) is 18.6 Å².